The second kappa shape index (κ2) is 10.9. The number of carbonyl (C=O) groups excluding carboxylic acids is 1. The highest BCUT2D eigenvalue weighted by atomic mass is 79.9. The van der Waals surface area contributed by atoms with E-state index in [1.54, 1.807) is 37.4 Å². The zero-order valence-corrected chi connectivity index (χ0v) is 20.0. The van der Waals surface area contributed by atoms with Gasteiger partial charge < -0.3 is 9.47 Å². The van der Waals surface area contributed by atoms with E-state index in [1.165, 1.54) is 12.1 Å². The molecule has 5 nitrogen and oxygen atoms in total. The molecule has 4 aromatic carbocycles. The first-order valence-corrected chi connectivity index (χ1v) is 11.4. The molecule has 1 amide bonds. The number of hydrogen-bond donors (Lipinski definition) is 1. The number of nitrogens with one attached hydrogen (secondary N) is 1. The normalized spacial score (nSPS) is 12.0. The van der Waals surface area contributed by atoms with E-state index in [1.807, 2.05) is 48.5 Å². The number of benzene rings is 4. The van der Waals surface area contributed by atoms with E-state index in [0.29, 0.717) is 11.5 Å². The Hall–Kier alpha value is -3.71. The van der Waals surface area contributed by atoms with Crippen molar-refractivity contribution in [3.05, 3.63) is 106 Å². The summed E-state index contributed by atoms with van der Waals surface area (Å²) in [5, 5.41) is 6.09. The fraction of sp³-hybridized carbons (Fsp3) is 0.111. The van der Waals surface area contributed by atoms with Crippen LogP contribution in [-0.2, 0) is 11.4 Å². The number of halogens is 2. The molecule has 172 valence electrons. The van der Waals surface area contributed by atoms with Crippen LogP contribution in [0.5, 0.6) is 11.5 Å². The molecule has 4 rings (SSSR count). The minimum absolute atomic E-state index is 0.268. The number of carbonyl (C=O) groups is 1. The summed E-state index contributed by atoms with van der Waals surface area (Å²) in [4.78, 5) is 12.5. The molecule has 0 radical (unpaired) electrons. The summed E-state index contributed by atoms with van der Waals surface area (Å²) in [6.45, 7) is 1.92. The summed E-state index contributed by atoms with van der Waals surface area (Å²) in [5.74, 6) is 0.505. The Morgan fingerprint density at radius 3 is 2.53 bits per heavy atom. The Balaban J connectivity index is 1.48. The molecular weight excluding hydrogens is 499 g/mol. The molecule has 1 atom stereocenters. The van der Waals surface area contributed by atoms with Gasteiger partial charge in [0, 0.05) is 10.0 Å². The fourth-order valence-corrected chi connectivity index (χ4v) is 3.56. The van der Waals surface area contributed by atoms with Crippen molar-refractivity contribution in [3.8, 4) is 11.5 Å². The summed E-state index contributed by atoms with van der Waals surface area (Å²) in [6, 6.07) is 25.0. The van der Waals surface area contributed by atoms with Crippen molar-refractivity contribution in [1.82, 2.24) is 5.43 Å². The second-order valence-corrected chi connectivity index (χ2v) is 8.48. The summed E-state index contributed by atoms with van der Waals surface area (Å²) in [6.07, 6.45) is 0.826. The number of hydrazone groups is 1. The maximum Gasteiger partial charge on any atom is 0.280 e. The third-order valence-electron chi connectivity index (χ3n) is 5.10. The minimum atomic E-state index is -0.736. The Labute approximate surface area is 205 Å². The molecule has 0 heterocycles. The highest BCUT2D eigenvalue weighted by molar-refractivity contribution is 9.10. The average Bonchev–Trinajstić information content (AvgIpc) is 2.85. The van der Waals surface area contributed by atoms with E-state index in [0.717, 1.165) is 26.4 Å². The van der Waals surface area contributed by atoms with E-state index in [-0.39, 0.29) is 18.3 Å². The topological polar surface area (TPSA) is 59.9 Å². The third-order valence-corrected chi connectivity index (χ3v) is 5.63. The van der Waals surface area contributed by atoms with Crippen LogP contribution in [0.15, 0.2) is 94.5 Å². The van der Waals surface area contributed by atoms with Gasteiger partial charge in [-0.3, -0.25) is 4.79 Å². The summed E-state index contributed by atoms with van der Waals surface area (Å²) in [5.41, 5.74) is 4.10. The van der Waals surface area contributed by atoms with E-state index in [9.17, 15) is 9.18 Å². The number of nitrogens with zero attached hydrogens (tertiary/aromatic N) is 1. The van der Waals surface area contributed by atoms with Gasteiger partial charge in [-0.1, -0.05) is 58.4 Å². The van der Waals surface area contributed by atoms with Crippen LogP contribution in [-0.4, -0.2) is 18.2 Å². The standard InChI is InChI=1S/C27H22BrFN2O3/c1-18(34-23-13-9-21(28)10-14-23)27(32)31-30-16-25-24-5-3-2-4-20(24)8-15-26(25)33-17-19-6-11-22(29)12-7-19/h2-16,18H,17H2,1H3,(H,31,32)/b30-16-/t18-/m1/s1. The van der Waals surface area contributed by atoms with Gasteiger partial charge in [0.1, 0.15) is 23.9 Å². The quantitative estimate of drug-likeness (QED) is 0.221. The van der Waals surface area contributed by atoms with E-state index in [4.69, 9.17) is 9.47 Å². The van der Waals surface area contributed by atoms with Gasteiger partial charge in [-0.05, 0) is 65.7 Å². The van der Waals surface area contributed by atoms with Gasteiger partial charge in [-0.15, -0.1) is 0 Å². The molecule has 0 saturated carbocycles. The number of rotatable bonds is 8. The summed E-state index contributed by atoms with van der Waals surface area (Å²) < 4.78 is 25.8. The highest BCUT2D eigenvalue weighted by Gasteiger charge is 2.14. The van der Waals surface area contributed by atoms with Crippen molar-refractivity contribution < 1.29 is 18.7 Å². The Kier molecular flexibility index (Phi) is 7.54. The monoisotopic (exact) mass is 520 g/mol. The lowest BCUT2D eigenvalue weighted by atomic mass is 10.0. The maximum atomic E-state index is 13.2. The van der Waals surface area contributed by atoms with E-state index < -0.39 is 6.10 Å². The Bertz CT molecular complexity index is 1310. The first-order valence-electron chi connectivity index (χ1n) is 10.6. The molecular formula is C27H22BrFN2O3. The molecule has 0 unspecified atom stereocenters. The molecule has 0 aliphatic carbocycles. The van der Waals surface area contributed by atoms with Gasteiger partial charge in [0.25, 0.3) is 5.91 Å². The molecule has 7 heteroatoms. The van der Waals surface area contributed by atoms with Gasteiger partial charge in [0.05, 0.1) is 6.21 Å². The average molecular weight is 521 g/mol. The van der Waals surface area contributed by atoms with Gasteiger partial charge >= 0.3 is 0 Å². The van der Waals surface area contributed by atoms with Crippen molar-refractivity contribution >= 4 is 38.8 Å². The number of fused-ring (bicyclic) bond motifs is 1. The van der Waals surface area contributed by atoms with Crippen LogP contribution in [0.2, 0.25) is 0 Å². The summed E-state index contributed by atoms with van der Waals surface area (Å²) in [7, 11) is 0. The molecule has 4 aromatic rings. The molecule has 0 bridgehead atoms. The van der Waals surface area contributed by atoms with Crippen molar-refractivity contribution in [2.75, 3.05) is 0 Å². The number of hydrogen-bond acceptors (Lipinski definition) is 4. The molecule has 0 saturated heterocycles. The Morgan fingerprint density at radius 2 is 1.76 bits per heavy atom. The maximum absolute atomic E-state index is 13.2. The predicted octanol–water partition coefficient (Wildman–Crippen LogP) is 6.24. The van der Waals surface area contributed by atoms with Crippen molar-refractivity contribution in [3.63, 3.8) is 0 Å². The smallest absolute Gasteiger partial charge is 0.280 e. The molecule has 0 spiro atoms. The predicted molar refractivity (Wildman–Crippen MR) is 135 cm³/mol. The second-order valence-electron chi connectivity index (χ2n) is 7.56. The molecule has 0 fully saturated rings. The summed E-state index contributed by atoms with van der Waals surface area (Å²) >= 11 is 3.37. The highest BCUT2D eigenvalue weighted by Crippen LogP contribution is 2.27. The zero-order chi connectivity index (χ0) is 23.9. The largest absolute Gasteiger partial charge is 0.488 e. The lowest BCUT2D eigenvalue weighted by molar-refractivity contribution is -0.127. The third kappa shape index (κ3) is 5.99. The van der Waals surface area contributed by atoms with Crippen molar-refractivity contribution in [1.29, 1.82) is 0 Å². The van der Waals surface area contributed by atoms with E-state index in [2.05, 4.69) is 26.5 Å². The van der Waals surface area contributed by atoms with Crippen molar-refractivity contribution in [2.24, 2.45) is 5.10 Å². The first kappa shape index (κ1) is 23.4. The lowest BCUT2D eigenvalue weighted by Gasteiger charge is -2.14. The number of ether oxygens (including phenoxy) is 2. The SMILES string of the molecule is C[C@@H](Oc1ccc(Br)cc1)C(=O)N/N=C\c1c(OCc2ccc(F)cc2)ccc2ccccc12. The molecule has 0 aliphatic rings. The lowest BCUT2D eigenvalue weighted by Crippen LogP contribution is -2.33. The van der Waals surface area contributed by atoms with Crippen LogP contribution in [0.4, 0.5) is 4.39 Å². The molecule has 34 heavy (non-hydrogen) atoms. The fourth-order valence-electron chi connectivity index (χ4n) is 3.30. The first-order chi connectivity index (χ1) is 16.5. The van der Waals surface area contributed by atoms with Gasteiger partial charge in [0.2, 0.25) is 0 Å². The Morgan fingerprint density at radius 1 is 1.03 bits per heavy atom. The van der Waals surface area contributed by atoms with E-state index >= 15 is 0 Å². The zero-order valence-electron chi connectivity index (χ0n) is 18.4. The van der Waals surface area contributed by atoms with Crippen LogP contribution in [0.25, 0.3) is 10.8 Å². The minimum Gasteiger partial charge on any atom is -0.488 e. The van der Waals surface area contributed by atoms with Gasteiger partial charge in [-0.25, -0.2) is 9.82 Å². The van der Waals surface area contributed by atoms with Crippen LogP contribution in [0.1, 0.15) is 18.1 Å². The van der Waals surface area contributed by atoms with Crippen LogP contribution in [0.3, 0.4) is 0 Å². The van der Waals surface area contributed by atoms with Crippen LogP contribution in [0, 0.1) is 5.82 Å². The molecule has 0 aliphatic heterocycles. The van der Waals surface area contributed by atoms with Gasteiger partial charge in [0.15, 0.2) is 6.10 Å². The number of amides is 1. The molecule has 0 aromatic heterocycles. The van der Waals surface area contributed by atoms with Crippen molar-refractivity contribution in [2.45, 2.75) is 19.6 Å². The van der Waals surface area contributed by atoms with Crippen LogP contribution >= 0.6 is 15.9 Å². The molecule has 1 N–H and O–H groups in total. The van der Waals surface area contributed by atoms with Crippen LogP contribution < -0.4 is 14.9 Å². The van der Waals surface area contributed by atoms with Gasteiger partial charge in [-0.2, -0.15) is 5.10 Å².